The average molecular weight is 247 g/mol. The molecule has 1 aliphatic rings. The number of likely N-dealkylation sites (N-methyl/N-ethyl adjacent to an activating group) is 1. The lowest BCUT2D eigenvalue weighted by Gasteiger charge is -2.29. The molecule has 1 aromatic rings. The lowest BCUT2D eigenvalue weighted by Crippen LogP contribution is -2.42. The van der Waals surface area contributed by atoms with E-state index in [-0.39, 0.29) is 11.9 Å². The van der Waals surface area contributed by atoms with Crippen molar-refractivity contribution in [3.8, 4) is 0 Å². The highest BCUT2D eigenvalue weighted by atomic mass is 16.2. The highest BCUT2D eigenvalue weighted by Crippen LogP contribution is 2.31. The third-order valence-corrected chi connectivity index (χ3v) is 3.63. The molecule has 98 valence electrons. The normalized spacial score (nSPS) is 19.1. The second-order valence-electron chi connectivity index (χ2n) is 4.75. The number of nitrogens with zero attached hydrogens (tertiary/aromatic N) is 1. The van der Waals surface area contributed by atoms with Gasteiger partial charge in [0, 0.05) is 25.8 Å². The molecule has 1 unspecified atom stereocenters. The van der Waals surface area contributed by atoms with Gasteiger partial charge in [0.1, 0.15) is 6.04 Å². The summed E-state index contributed by atoms with van der Waals surface area (Å²) < 4.78 is 0. The van der Waals surface area contributed by atoms with Crippen LogP contribution in [-0.2, 0) is 11.3 Å². The summed E-state index contributed by atoms with van der Waals surface area (Å²) in [6.45, 7) is 3.51. The maximum atomic E-state index is 11.9. The first-order valence-electron chi connectivity index (χ1n) is 6.45. The van der Waals surface area contributed by atoms with Crippen LogP contribution >= 0.6 is 0 Å². The van der Waals surface area contributed by atoms with Crippen LogP contribution in [0.25, 0.3) is 0 Å². The Kier molecular flexibility index (Phi) is 3.87. The van der Waals surface area contributed by atoms with Gasteiger partial charge in [0.2, 0.25) is 5.91 Å². The molecular weight excluding hydrogens is 226 g/mol. The van der Waals surface area contributed by atoms with Crippen LogP contribution in [-0.4, -0.2) is 25.5 Å². The van der Waals surface area contributed by atoms with Crippen molar-refractivity contribution in [2.45, 2.75) is 32.4 Å². The van der Waals surface area contributed by atoms with Crippen LogP contribution in [0.3, 0.4) is 0 Å². The molecule has 0 radical (unpaired) electrons. The molecule has 0 aromatic heterocycles. The molecule has 3 N–H and O–H groups in total. The van der Waals surface area contributed by atoms with Gasteiger partial charge in [-0.25, -0.2) is 0 Å². The molecule has 0 saturated carbocycles. The van der Waals surface area contributed by atoms with E-state index < -0.39 is 0 Å². The van der Waals surface area contributed by atoms with Crippen molar-refractivity contribution in [1.29, 1.82) is 0 Å². The van der Waals surface area contributed by atoms with Gasteiger partial charge in [-0.15, -0.1) is 0 Å². The van der Waals surface area contributed by atoms with E-state index >= 15 is 0 Å². The van der Waals surface area contributed by atoms with Crippen molar-refractivity contribution in [2.75, 3.05) is 18.5 Å². The maximum absolute atomic E-state index is 11.9. The second kappa shape index (κ2) is 5.40. The van der Waals surface area contributed by atoms with E-state index in [4.69, 9.17) is 5.73 Å². The van der Waals surface area contributed by atoms with E-state index in [0.29, 0.717) is 6.54 Å². The summed E-state index contributed by atoms with van der Waals surface area (Å²) in [4.78, 5) is 14.1. The van der Waals surface area contributed by atoms with Crippen LogP contribution in [0, 0.1) is 6.92 Å². The van der Waals surface area contributed by atoms with Crippen LogP contribution in [0.4, 0.5) is 5.69 Å². The topological polar surface area (TPSA) is 58.4 Å². The number of nitrogens with two attached hydrogens (primary N) is 1. The summed E-state index contributed by atoms with van der Waals surface area (Å²) in [5.74, 6) is 0.0960. The van der Waals surface area contributed by atoms with Gasteiger partial charge in [-0.2, -0.15) is 0 Å². The van der Waals surface area contributed by atoms with Gasteiger partial charge in [0.25, 0.3) is 0 Å². The van der Waals surface area contributed by atoms with Crippen molar-refractivity contribution in [3.05, 3.63) is 29.3 Å². The number of carbonyl (C=O) groups excluding carboxylic acids is 1. The SMILES string of the molecule is CNC(=O)C1CCCN1c1c(C)cccc1CN. The van der Waals surface area contributed by atoms with E-state index in [9.17, 15) is 4.79 Å². The van der Waals surface area contributed by atoms with E-state index in [1.807, 2.05) is 12.1 Å². The fourth-order valence-electron chi connectivity index (χ4n) is 2.77. The van der Waals surface area contributed by atoms with Gasteiger partial charge in [-0.1, -0.05) is 18.2 Å². The standard InChI is InChI=1S/C14H21N3O/c1-10-5-3-6-11(9-15)13(10)17-8-4-7-12(17)14(18)16-2/h3,5-6,12H,4,7-9,15H2,1-2H3,(H,16,18). The smallest absolute Gasteiger partial charge is 0.242 e. The van der Waals surface area contributed by atoms with Crippen molar-refractivity contribution in [3.63, 3.8) is 0 Å². The molecule has 0 bridgehead atoms. The molecule has 1 saturated heterocycles. The number of amides is 1. The third-order valence-electron chi connectivity index (χ3n) is 3.63. The summed E-state index contributed by atoms with van der Waals surface area (Å²) in [5, 5.41) is 2.75. The Morgan fingerprint density at radius 2 is 2.33 bits per heavy atom. The average Bonchev–Trinajstić information content (AvgIpc) is 2.86. The number of nitrogens with one attached hydrogen (secondary N) is 1. The molecule has 4 heteroatoms. The minimum Gasteiger partial charge on any atom is -0.359 e. The predicted octanol–water partition coefficient (Wildman–Crippen LogP) is 1.17. The highest BCUT2D eigenvalue weighted by Gasteiger charge is 2.31. The second-order valence-corrected chi connectivity index (χ2v) is 4.75. The summed E-state index contributed by atoms with van der Waals surface area (Å²) in [6, 6.07) is 6.09. The molecule has 1 atom stereocenters. The number of rotatable bonds is 3. The zero-order valence-electron chi connectivity index (χ0n) is 11.1. The van der Waals surface area contributed by atoms with Gasteiger partial charge in [0.15, 0.2) is 0 Å². The largest absolute Gasteiger partial charge is 0.359 e. The Balaban J connectivity index is 2.38. The Bertz CT molecular complexity index is 445. The van der Waals surface area contributed by atoms with Gasteiger partial charge in [-0.05, 0) is 30.9 Å². The number of hydrogen-bond acceptors (Lipinski definition) is 3. The molecule has 1 fully saturated rings. The first kappa shape index (κ1) is 12.9. The summed E-state index contributed by atoms with van der Waals surface area (Å²) in [7, 11) is 1.69. The number of carbonyl (C=O) groups is 1. The van der Waals surface area contributed by atoms with Crippen molar-refractivity contribution < 1.29 is 4.79 Å². The Hall–Kier alpha value is -1.55. The summed E-state index contributed by atoms with van der Waals surface area (Å²) >= 11 is 0. The fraction of sp³-hybridized carbons (Fsp3) is 0.500. The Labute approximate surface area is 108 Å². The molecular formula is C14H21N3O. The molecule has 18 heavy (non-hydrogen) atoms. The zero-order valence-corrected chi connectivity index (χ0v) is 11.1. The first-order chi connectivity index (χ1) is 8.69. The molecule has 0 spiro atoms. The van der Waals surface area contributed by atoms with Gasteiger partial charge in [-0.3, -0.25) is 4.79 Å². The predicted molar refractivity (Wildman–Crippen MR) is 73.5 cm³/mol. The third kappa shape index (κ3) is 2.20. The fourth-order valence-corrected chi connectivity index (χ4v) is 2.77. The molecule has 1 aliphatic heterocycles. The van der Waals surface area contributed by atoms with Crippen LogP contribution in [0.2, 0.25) is 0 Å². The van der Waals surface area contributed by atoms with E-state index in [1.165, 1.54) is 5.56 Å². The van der Waals surface area contributed by atoms with Gasteiger partial charge in [0.05, 0.1) is 0 Å². The highest BCUT2D eigenvalue weighted by molar-refractivity contribution is 5.86. The zero-order chi connectivity index (χ0) is 13.1. The van der Waals surface area contributed by atoms with E-state index in [0.717, 1.165) is 30.6 Å². The number of para-hydroxylation sites is 1. The number of aryl methyl sites for hydroxylation is 1. The van der Waals surface area contributed by atoms with E-state index in [1.54, 1.807) is 7.05 Å². The van der Waals surface area contributed by atoms with Crippen LogP contribution in [0.5, 0.6) is 0 Å². The van der Waals surface area contributed by atoms with E-state index in [2.05, 4.69) is 23.2 Å². The molecule has 0 aliphatic carbocycles. The molecule has 1 amide bonds. The number of anilines is 1. The minimum atomic E-state index is -0.0543. The van der Waals surface area contributed by atoms with Crippen LogP contribution < -0.4 is 16.0 Å². The lowest BCUT2D eigenvalue weighted by atomic mass is 10.1. The lowest BCUT2D eigenvalue weighted by molar-refractivity contribution is -0.121. The quantitative estimate of drug-likeness (QED) is 0.843. The summed E-state index contributed by atoms with van der Waals surface area (Å²) in [6.07, 6.45) is 1.97. The Morgan fingerprint density at radius 1 is 1.56 bits per heavy atom. The number of hydrogen-bond donors (Lipinski definition) is 2. The maximum Gasteiger partial charge on any atom is 0.242 e. The summed E-state index contributed by atoms with van der Waals surface area (Å²) in [5.41, 5.74) is 9.26. The Morgan fingerprint density at radius 3 is 3.00 bits per heavy atom. The van der Waals surface area contributed by atoms with Crippen LogP contribution in [0.1, 0.15) is 24.0 Å². The van der Waals surface area contributed by atoms with Crippen LogP contribution in [0.15, 0.2) is 18.2 Å². The van der Waals surface area contributed by atoms with Gasteiger partial charge >= 0.3 is 0 Å². The first-order valence-corrected chi connectivity index (χ1v) is 6.45. The molecule has 4 nitrogen and oxygen atoms in total. The van der Waals surface area contributed by atoms with Crippen molar-refractivity contribution in [1.82, 2.24) is 5.32 Å². The van der Waals surface area contributed by atoms with Crippen molar-refractivity contribution in [2.24, 2.45) is 5.73 Å². The number of benzene rings is 1. The monoisotopic (exact) mass is 247 g/mol. The molecule has 2 rings (SSSR count). The molecule has 1 aromatic carbocycles. The van der Waals surface area contributed by atoms with Gasteiger partial charge < -0.3 is 16.0 Å². The molecule has 1 heterocycles. The minimum absolute atomic E-state index is 0.0543. The van der Waals surface area contributed by atoms with Crippen molar-refractivity contribution >= 4 is 11.6 Å².